The van der Waals surface area contributed by atoms with Crippen LogP contribution >= 0.6 is 0 Å². The molecule has 0 amide bonds. The van der Waals surface area contributed by atoms with Crippen molar-refractivity contribution in [2.75, 3.05) is 26.9 Å². The molecule has 0 radical (unpaired) electrons. The second kappa shape index (κ2) is 7.25. The van der Waals surface area contributed by atoms with E-state index in [-0.39, 0.29) is 0 Å². The molecule has 0 atom stereocenters. The van der Waals surface area contributed by atoms with E-state index in [9.17, 15) is 0 Å². The Kier molecular flexibility index (Phi) is 5.90. The van der Waals surface area contributed by atoms with Gasteiger partial charge in [-0.1, -0.05) is 18.2 Å². The van der Waals surface area contributed by atoms with Gasteiger partial charge in [-0.15, -0.1) is 0 Å². The lowest BCUT2D eigenvalue weighted by Crippen LogP contribution is -2.11. The lowest BCUT2D eigenvalue weighted by Gasteiger charge is -2.13. The maximum Gasteiger partial charge on any atom is 0.126 e. The van der Waals surface area contributed by atoms with E-state index in [0.717, 1.165) is 18.9 Å². The third-order valence-corrected chi connectivity index (χ3v) is 2.34. The van der Waals surface area contributed by atoms with Gasteiger partial charge in [-0.3, -0.25) is 0 Å². The van der Waals surface area contributed by atoms with Gasteiger partial charge in [-0.05, 0) is 26.5 Å². The first kappa shape index (κ1) is 13.0. The Bertz CT molecular complexity index is 313. The molecule has 1 aromatic rings. The van der Waals surface area contributed by atoms with E-state index in [1.165, 1.54) is 11.1 Å². The molecule has 0 bridgehead atoms. The third kappa shape index (κ3) is 3.83. The Balaban J connectivity index is 2.61. The van der Waals surface area contributed by atoms with Crippen LogP contribution in [-0.2, 0) is 11.3 Å². The van der Waals surface area contributed by atoms with Gasteiger partial charge in [0.25, 0.3) is 0 Å². The molecule has 1 aromatic carbocycles. The summed E-state index contributed by atoms with van der Waals surface area (Å²) < 4.78 is 11.0. The normalized spacial score (nSPS) is 10.4. The molecule has 0 saturated heterocycles. The number of hydrogen-bond donors (Lipinski definition) is 1. The Hall–Kier alpha value is -1.06. The predicted octanol–water partition coefficient (Wildman–Crippen LogP) is 2.13. The molecule has 0 heterocycles. The van der Waals surface area contributed by atoms with E-state index < -0.39 is 0 Å². The highest BCUT2D eigenvalue weighted by Crippen LogP contribution is 2.23. The molecule has 0 fully saturated rings. The second-order valence-corrected chi connectivity index (χ2v) is 3.64. The molecule has 0 saturated carbocycles. The lowest BCUT2D eigenvalue weighted by molar-refractivity contribution is 0.109. The molecule has 1 rings (SSSR count). The molecular weight excluding hydrogens is 202 g/mol. The second-order valence-electron chi connectivity index (χ2n) is 3.64. The predicted molar refractivity (Wildman–Crippen MR) is 65.9 cm³/mol. The Morgan fingerprint density at radius 3 is 2.75 bits per heavy atom. The lowest BCUT2D eigenvalue weighted by atomic mass is 10.1. The zero-order valence-corrected chi connectivity index (χ0v) is 10.4. The average molecular weight is 223 g/mol. The number of para-hydroxylation sites is 1. The van der Waals surface area contributed by atoms with Gasteiger partial charge >= 0.3 is 0 Å². The molecule has 16 heavy (non-hydrogen) atoms. The average Bonchev–Trinajstić information content (AvgIpc) is 2.28. The first-order valence-electron chi connectivity index (χ1n) is 5.73. The molecule has 0 aliphatic rings. The minimum Gasteiger partial charge on any atom is -0.491 e. The van der Waals surface area contributed by atoms with E-state index >= 15 is 0 Å². The van der Waals surface area contributed by atoms with Gasteiger partial charge in [-0.2, -0.15) is 0 Å². The standard InChI is InChI=1S/C13H21NO2/c1-4-15-8-9-16-13-11(2)6-5-7-12(13)10-14-3/h5-7,14H,4,8-10H2,1-3H3. The molecule has 0 spiro atoms. The number of nitrogens with one attached hydrogen (secondary N) is 1. The molecule has 0 aliphatic heterocycles. The van der Waals surface area contributed by atoms with Gasteiger partial charge in [-0.25, -0.2) is 0 Å². The molecule has 3 nitrogen and oxygen atoms in total. The van der Waals surface area contributed by atoms with Crippen LogP contribution in [0.4, 0.5) is 0 Å². The quantitative estimate of drug-likeness (QED) is 0.718. The van der Waals surface area contributed by atoms with E-state index in [0.29, 0.717) is 13.2 Å². The van der Waals surface area contributed by atoms with E-state index in [1.54, 1.807) is 0 Å². The van der Waals surface area contributed by atoms with Crippen molar-refractivity contribution in [2.45, 2.75) is 20.4 Å². The van der Waals surface area contributed by atoms with Crippen molar-refractivity contribution in [3.63, 3.8) is 0 Å². The van der Waals surface area contributed by atoms with Gasteiger partial charge in [0.05, 0.1) is 6.61 Å². The number of hydrogen-bond acceptors (Lipinski definition) is 3. The van der Waals surface area contributed by atoms with Crippen molar-refractivity contribution in [3.05, 3.63) is 29.3 Å². The van der Waals surface area contributed by atoms with Crippen molar-refractivity contribution >= 4 is 0 Å². The van der Waals surface area contributed by atoms with Gasteiger partial charge in [0, 0.05) is 18.7 Å². The highest BCUT2D eigenvalue weighted by molar-refractivity contribution is 5.40. The summed E-state index contributed by atoms with van der Waals surface area (Å²) in [4.78, 5) is 0. The number of benzene rings is 1. The van der Waals surface area contributed by atoms with E-state index in [1.807, 2.05) is 14.0 Å². The number of ether oxygens (including phenoxy) is 2. The summed E-state index contributed by atoms with van der Waals surface area (Å²) in [6.07, 6.45) is 0. The van der Waals surface area contributed by atoms with Crippen molar-refractivity contribution in [1.82, 2.24) is 5.32 Å². The van der Waals surface area contributed by atoms with Crippen LogP contribution in [0.1, 0.15) is 18.1 Å². The molecular formula is C13H21NO2. The van der Waals surface area contributed by atoms with Crippen molar-refractivity contribution in [3.8, 4) is 5.75 Å². The van der Waals surface area contributed by atoms with Crippen LogP contribution in [-0.4, -0.2) is 26.9 Å². The highest BCUT2D eigenvalue weighted by Gasteiger charge is 2.05. The first-order chi connectivity index (χ1) is 7.79. The molecule has 0 aromatic heterocycles. The maximum absolute atomic E-state index is 5.76. The first-order valence-corrected chi connectivity index (χ1v) is 5.73. The molecule has 0 aliphatic carbocycles. The van der Waals surface area contributed by atoms with Crippen molar-refractivity contribution < 1.29 is 9.47 Å². The topological polar surface area (TPSA) is 30.5 Å². The zero-order chi connectivity index (χ0) is 11.8. The smallest absolute Gasteiger partial charge is 0.126 e. The van der Waals surface area contributed by atoms with Gasteiger partial charge < -0.3 is 14.8 Å². The molecule has 3 heteroatoms. The van der Waals surface area contributed by atoms with Crippen LogP contribution in [0, 0.1) is 6.92 Å². The number of aryl methyl sites for hydroxylation is 1. The van der Waals surface area contributed by atoms with Crippen molar-refractivity contribution in [2.24, 2.45) is 0 Å². The fraction of sp³-hybridized carbons (Fsp3) is 0.538. The summed E-state index contributed by atoms with van der Waals surface area (Å²) in [5.41, 5.74) is 2.36. The largest absolute Gasteiger partial charge is 0.491 e. The fourth-order valence-corrected chi connectivity index (χ4v) is 1.60. The fourth-order valence-electron chi connectivity index (χ4n) is 1.60. The van der Waals surface area contributed by atoms with Crippen LogP contribution < -0.4 is 10.1 Å². The van der Waals surface area contributed by atoms with Crippen LogP contribution in [0.3, 0.4) is 0 Å². The van der Waals surface area contributed by atoms with Crippen LogP contribution in [0.5, 0.6) is 5.75 Å². The van der Waals surface area contributed by atoms with Crippen molar-refractivity contribution in [1.29, 1.82) is 0 Å². The summed E-state index contributed by atoms with van der Waals surface area (Å²) in [6.45, 7) is 6.86. The Labute approximate surface area is 97.8 Å². The Morgan fingerprint density at radius 1 is 1.25 bits per heavy atom. The Morgan fingerprint density at radius 2 is 2.06 bits per heavy atom. The summed E-state index contributed by atoms with van der Waals surface area (Å²) in [5.74, 6) is 0.983. The molecule has 0 unspecified atom stereocenters. The summed E-state index contributed by atoms with van der Waals surface area (Å²) in [6, 6.07) is 6.20. The van der Waals surface area contributed by atoms with Gasteiger partial charge in [0.1, 0.15) is 12.4 Å². The summed E-state index contributed by atoms with van der Waals surface area (Å²) >= 11 is 0. The van der Waals surface area contributed by atoms with Crippen LogP contribution in [0.25, 0.3) is 0 Å². The van der Waals surface area contributed by atoms with Gasteiger partial charge in [0.2, 0.25) is 0 Å². The van der Waals surface area contributed by atoms with E-state index in [4.69, 9.17) is 9.47 Å². The highest BCUT2D eigenvalue weighted by atomic mass is 16.5. The zero-order valence-electron chi connectivity index (χ0n) is 10.4. The minimum atomic E-state index is 0.607. The van der Waals surface area contributed by atoms with Crippen LogP contribution in [0.2, 0.25) is 0 Å². The van der Waals surface area contributed by atoms with E-state index in [2.05, 4.69) is 30.4 Å². The molecule has 90 valence electrons. The van der Waals surface area contributed by atoms with Crippen LogP contribution in [0.15, 0.2) is 18.2 Å². The summed E-state index contributed by atoms with van der Waals surface area (Å²) in [7, 11) is 1.94. The monoisotopic (exact) mass is 223 g/mol. The molecule has 1 N–H and O–H groups in total. The minimum absolute atomic E-state index is 0.607. The number of rotatable bonds is 7. The summed E-state index contributed by atoms with van der Waals surface area (Å²) in [5, 5.41) is 3.14. The third-order valence-electron chi connectivity index (χ3n) is 2.34. The SMILES string of the molecule is CCOCCOc1c(C)cccc1CNC. The maximum atomic E-state index is 5.76. The van der Waals surface area contributed by atoms with Gasteiger partial charge in [0.15, 0.2) is 0 Å².